The van der Waals surface area contributed by atoms with E-state index >= 15 is 0 Å². The second-order valence-corrected chi connectivity index (χ2v) is 5.72. The van der Waals surface area contributed by atoms with Crippen LogP contribution in [0.3, 0.4) is 0 Å². The van der Waals surface area contributed by atoms with Gasteiger partial charge in [0.15, 0.2) is 0 Å². The number of carbonyl (C=O) groups is 2. The van der Waals surface area contributed by atoms with Crippen molar-refractivity contribution in [1.82, 2.24) is 0 Å². The molecule has 6 heteroatoms. The van der Waals surface area contributed by atoms with E-state index < -0.39 is 11.9 Å². The molecule has 0 heterocycles. The number of carbonyl (C=O) groups excluding carboxylic acids is 2. The molecule has 22 heavy (non-hydrogen) atoms. The zero-order chi connectivity index (χ0) is 15.7. The number of carboxylic acid groups (broad SMARTS) is 2. The zero-order valence-electron chi connectivity index (χ0n) is 14.8. The first-order valence-electron chi connectivity index (χ1n) is 7.05. The summed E-state index contributed by atoms with van der Waals surface area (Å²) in [6.07, 6.45) is 6.22. The molecule has 0 aliphatic rings. The van der Waals surface area contributed by atoms with Crippen molar-refractivity contribution in [2.24, 2.45) is 11.8 Å². The number of hydrogen-bond donors (Lipinski definition) is 0. The summed E-state index contributed by atoms with van der Waals surface area (Å²) in [7, 11) is 0. The Labute approximate surface area is 178 Å². The smallest absolute Gasteiger partial charge is 0.545 e. The van der Waals surface area contributed by atoms with Gasteiger partial charge >= 0.3 is 59.1 Å². The van der Waals surface area contributed by atoms with Crippen LogP contribution >= 0.6 is 0 Å². The van der Waals surface area contributed by atoms with E-state index in [0.717, 1.165) is 25.3 Å². The summed E-state index contributed by atoms with van der Waals surface area (Å²) in [5.41, 5.74) is 0.0873. The molecule has 0 aromatic rings. The molecular formula is C16H24Na2O4. The molecule has 4 nitrogen and oxygen atoms in total. The Bertz CT molecular complexity index is 401. The molecule has 0 bridgehead atoms. The first kappa shape index (κ1) is 27.3. The van der Waals surface area contributed by atoms with E-state index in [2.05, 4.69) is 20.8 Å². The quantitative estimate of drug-likeness (QED) is 0.242. The number of aliphatic carboxylic acids is 2. The van der Waals surface area contributed by atoms with Crippen molar-refractivity contribution in [1.29, 1.82) is 0 Å². The summed E-state index contributed by atoms with van der Waals surface area (Å²) >= 11 is 0. The largest absolute Gasteiger partial charge is 1.00 e. The third kappa shape index (κ3) is 14.0. The number of carboxylic acids is 2. The van der Waals surface area contributed by atoms with Crippen molar-refractivity contribution in [3.05, 3.63) is 23.3 Å². The molecule has 0 fully saturated rings. The van der Waals surface area contributed by atoms with Gasteiger partial charge in [0.2, 0.25) is 0 Å². The summed E-state index contributed by atoms with van der Waals surface area (Å²) in [6, 6.07) is 0. The molecule has 0 saturated carbocycles. The van der Waals surface area contributed by atoms with Crippen LogP contribution in [-0.4, -0.2) is 11.9 Å². The maximum absolute atomic E-state index is 11.0. The monoisotopic (exact) mass is 326 g/mol. The fourth-order valence-corrected chi connectivity index (χ4v) is 1.97. The zero-order valence-corrected chi connectivity index (χ0v) is 18.8. The topological polar surface area (TPSA) is 80.3 Å². The van der Waals surface area contributed by atoms with Gasteiger partial charge in [-0.3, -0.25) is 0 Å². The maximum atomic E-state index is 11.0. The van der Waals surface area contributed by atoms with Crippen LogP contribution in [0.5, 0.6) is 0 Å². The van der Waals surface area contributed by atoms with Gasteiger partial charge in [-0.15, -0.1) is 0 Å². The number of rotatable bonds is 9. The van der Waals surface area contributed by atoms with Crippen molar-refractivity contribution >= 4 is 11.9 Å². The molecule has 0 amide bonds. The van der Waals surface area contributed by atoms with E-state index in [0.29, 0.717) is 18.3 Å². The SMILES string of the molecule is CC(=C\C(=O)[O-])/C(=C/C[C@@H](C)CCCC(C)C)C(=O)[O-].[Na+].[Na+]. The van der Waals surface area contributed by atoms with Gasteiger partial charge in [-0.25, -0.2) is 0 Å². The van der Waals surface area contributed by atoms with E-state index in [9.17, 15) is 19.8 Å². The minimum absolute atomic E-state index is 0. The molecular weight excluding hydrogens is 302 g/mol. The van der Waals surface area contributed by atoms with Crippen LogP contribution in [0.15, 0.2) is 23.3 Å². The molecule has 0 spiro atoms. The molecule has 0 rings (SSSR count). The van der Waals surface area contributed by atoms with Crippen LogP contribution in [0.2, 0.25) is 0 Å². The normalized spacial score (nSPS) is 13.1. The van der Waals surface area contributed by atoms with Crippen molar-refractivity contribution in [2.75, 3.05) is 0 Å². The van der Waals surface area contributed by atoms with E-state index in [-0.39, 0.29) is 70.3 Å². The van der Waals surface area contributed by atoms with Crippen molar-refractivity contribution in [2.45, 2.75) is 53.4 Å². The molecule has 0 aromatic carbocycles. The Balaban J connectivity index is -0.00000180. The van der Waals surface area contributed by atoms with Gasteiger partial charge in [-0.05, 0) is 42.4 Å². The van der Waals surface area contributed by atoms with Crippen molar-refractivity contribution in [3.8, 4) is 0 Å². The van der Waals surface area contributed by atoms with Crippen LogP contribution in [0, 0.1) is 11.8 Å². The van der Waals surface area contributed by atoms with Gasteiger partial charge in [0, 0.05) is 0 Å². The minimum Gasteiger partial charge on any atom is -0.545 e. The first-order valence-corrected chi connectivity index (χ1v) is 7.05. The van der Waals surface area contributed by atoms with Gasteiger partial charge in [0.1, 0.15) is 0 Å². The third-order valence-corrected chi connectivity index (χ3v) is 3.18. The van der Waals surface area contributed by atoms with Crippen LogP contribution < -0.4 is 69.3 Å². The standard InChI is InChI=1S/C16H26O4.2Na/c1-11(2)6-5-7-12(3)8-9-14(16(19)20)13(4)10-15(17)18;;/h9-12H,5-8H2,1-4H3,(H,17,18)(H,19,20);;/q;2*+1/p-2/b13-10+,14-9-;;/t12-;;/m0../s1. The van der Waals surface area contributed by atoms with Crippen LogP contribution in [-0.2, 0) is 9.59 Å². The van der Waals surface area contributed by atoms with Gasteiger partial charge in [-0.1, -0.05) is 46.1 Å². The number of hydrogen-bond acceptors (Lipinski definition) is 4. The van der Waals surface area contributed by atoms with E-state index in [1.165, 1.54) is 6.92 Å². The predicted octanol–water partition coefficient (Wildman–Crippen LogP) is -4.78. The van der Waals surface area contributed by atoms with Crippen LogP contribution in [0.25, 0.3) is 0 Å². The maximum Gasteiger partial charge on any atom is 1.00 e. The number of allylic oxidation sites excluding steroid dienone is 1. The first-order chi connectivity index (χ1) is 9.23. The molecule has 0 unspecified atom stereocenters. The summed E-state index contributed by atoms with van der Waals surface area (Å²) in [5.74, 6) is -1.72. The van der Waals surface area contributed by atoms with Crippen LogP contribution in [0.4, 0.5) is 0 Å². The fourth-order valence-electron chi connectivity index (χ4n) is 1.97. The second kappa shape index (κ2) is 15.0. The Morgan fingerprint density at radius 1 is 1.05 bits per heavy atom. The Hall–Kier alpha value is 0.420. The van der Waals surface area contributed by atoms with Crippen molar-refractivity contribution < 1.29 is 78.9 Å². The average Bonchev–Trinajstić information content (AvgIpc) is 2.26. The molecule has 0 saturated heterocycles. The van der Waals surface area contributed by atoms with E-state index in [1.807, 2.05) is 0 Å². The van der Waals surface area contributed by atoms with Gasteiger partial charge < -0.3 is 19.8 Å². The molecule has 1 atom stereocenters. The van der Waals surface area contributed by atoms with Gasteiger partial charge in [0.25, 0.3) is 0 Å². The molecule has 0 aromatic heterocycles. The van der Waals surface area contributed by atoms with Crippen molar-refractivity contribution in [3.63, 3.8) is 0 Å². The van der Waals surface area contributed by atoms with Gasteiger partial charge in [0.05, 0.1) is 11.9 Å². The van der Waals surface area contributed by atoms with Crippen LogP contribution in [0.1, 0.15) is 53.4 Å². The molecule has 114 valence electrons. The molecule has 0 radical (unpaired) electrons. The summed E-state index contributed by atoms with van der Waals surface area (Å²) in [5, 5.41) is 21.5. The predicted molar refractivity (Wildman–Crippen MR) is 74.3 cm³/mol. The Morgan fingerprint density at radius 2 is 1.59 bits per heavy atom. The summed E-state index contributed by atoms with van der Waals surface area (Å²) in [4.78, 5) is 21.5. The minimum atomic E-state index is -1.40. The van der Waals surface area contributed by atoms with Gasteiger partial charge in [-0.2, -0.15) is 0 Å². The van der Waals surface area contributed by atoms with E-state index in [1.54, 1.807) is 6.08 Å². The third-order valence-electron chi connectivity index (χ3n) is 3.18. The Kier molecular flexibility index (Phi) is 18.6. The summed E-state index contributed by atoms with van der Waals surface area (Å²) < 4.78 is 0. The Morgan fingerprint density at radius 3 is 2.00 bits per heavy atom. The fraction of sp³-hybridized carbons (Fsp3) is 0.625. The summed E-state index contributed by atoms with van der Waals surface area (Å²) in [6.45, 7) is 7.84. The second-order valence-electron chi connectivity index (χ2n) is 5.72. The molecule has 0 aliphatic carbocycles. The molecule has 0 N–H and O–H groups in total. The average molecular weight is 326 g/mol. The van der Waals surface area contributed by atoms with E-state index in [4.69, 9.17) is 0 Å². The molecule has 0 aliphatic heterocycles.